The van der Waals surface area contributed by atoms with Crippen molar-refractivity contribution in [1.29, 1.82) is 5.26 Å². The molecule has 134 valence electrons. The number of carbonyl (C=O) groups is 2. The molecule has 1 aliphatic heterocycles. The number of fused-ring (bicyclic) bond motifs is 1. The molecule has 2 atom stereocenters. The number of hydrogen-bond donors (Lipinski definition) is 0. The molecule has 1 saturated carbocycles. The molecule has 1 heterocycles. The van der Waals surface area contributed by atoms with Crippen molar-refractivity contribution >= 4 is 29.2 Å². The van der Waals surface area contributed by atoms with Gasteiger partial charge >= 0.3 is 0 Å². The molecule has 1 fully saturated rings. The van der Waals surface area contributed by atoms with Crippen molar-refractivity contribution < 1.29 is 14.7 Å². The number of ketones is 1. The van der Waals surface area contributed by atoms with Crippen LogP contribution in [0.4, 0.5) is 0 Å². The second-order valence-corrected chi connectivity index (χ2v) is 8.41. The molecule has 1 unspecified atom stereocenters. The fourth-order valence-electron chi connectivity index (χ4n) is 3.78. The summed E-state index contributed by atoms with van der Waals surface area (Å²) in [6, 6.07) is 11.6. The van der Waals surface area contributed by atoms with Gasteiger partial charge in [-0.05, 0) is 17.4 Å². The number of aliphatic carboxylic acids is 1. The maximum absolute atomic E-state index is 12.9. The van der Waals surface area contributed by atoms with Crippen LogP contribution in [0.3, 0.4) is 0 Å². The lowest BCUT2D eigenvalue weighted by atomic mass is 9.64. The van der Waals surface area contributed by atoms with E-state index in [1.165, 1.54) is 0 Å². The second-order valence-electron chi connectivity index (χ2n) is 7.44. The van der Waals surface area contributed by atoms with Gasteiger partial charge in [0.1, 0.15) is 10.8 Å². The van der Waals surface area contributed by atoms with E-state index in [9.17, 15) is 20.0 Å². The zero-order valence-corrected chi connectivity index (χ0v) is 15.5. The Bertz CT molecular complexity index is 850. The number of rotatable bonds is 4. The van der Waals surface area contributed by atoms with Crippen molar-refractivity contribution in [3.63, 3.8) is 0 Å². The predicted octanol–water partition coefficient (Wildman–Crippen LogP) is 2.45. The Morgan fingerprint density at radius 2 is 2.00 bits per heavy atom. The minimum Gasteiger partial charge on any atom is -0.549 e. The Morgan fingerprint density at radius 1 is 1.31 bits per heavy atom. The first-order valence-electron chi connectivity index (χ1n) is 8.44. The molecule has 1 aromatic rings. The lowest BCUT2D eigenvalue weighted by molar-refractivity contribution is -0.301. The molecule has 5 nitrogen and oxygen atoms in total. The molecule has 26 heavy (non-hydrogen) atoms. The van der Waals surface area contributed by atoms with E-state index < -0.39 is 17.8 Å². The van der Waals surface area contributed by atoms with Crippen LogP contribution in [0.1, 0.15) is 38.2 Å². The molecule has 0 aromatic heterocycles. The topological polar surface area (TPSA) is 93.3 Å². The maximum atomic E-state index is 12.9. The molecule has 0 bridgehead atoms. The third-order valence-corrected chi connectivity index (χ3v) is 5.71. The fourth-order valence-corrected chi connectivity index (χ4v) is 4.55. The molecular formula is C20H19N2O3S-. The molecule has 1 aromatic carbocycles. The van der Waals surface area contributed by atoms with Crippen LogP contribution in [0, 0.1) is 22.7 Å². The molecule has 0 saturated heterocycles. The van der Waals surface area contributed by atoms with Crippen molar-refractivity contribution in [2.75, 3.05) is 5.75 Å². The molecule has 3 rings (SSSR count). The SMILES string of the molecule is CC1(C)CC(=O)C2C(=NC(SCC(=O)[O-])=C(C#N)[C@H]2c2ccccc2)C1. The summed E-state index contributed by atoms with van der Waals surface area (Å²) >= 11 is 0.990. The van der Waals surface area contributed by atoms with Gasteiger partial charge in [-0.2, -0.15) is 5.26 Å². The molecular weight excluding hydrogens is 348 g/mol. The van der Waals surface area contributed by atoms with E-state index in [-0.39, 0.29) is 17.0 Å². The Balaban J connectivity index is 2.13. The van der Waals surface area contributed by atoms with Gasteiger partial charge in [-0.25, -0.2) is 4.99 Å². The fraction of sp³-hybridized carbons (Fsp3) is 0.400. The predicted molar refractivity (Wildman–Crippen MR) is 98.2 cm³/mol. The van der Waals surface area contributed by atoms with Crippen LogP contribution in [-0.4, -0.2) is 23.2 Å². The lowest BCUT2D eigenvalue weighted by Gasteiger charge is -2.40. The van der Waals surface area contributed by atoms with Gasteiger partial charge in [0, 0.05) is 23.8 Å². The number of benzene rings is 1. The maximum Gasteiger partial charge on any atom is 0.143 e. The van der Waals surface area contributed by atoms with Crippen LogP contribution < -0.4 is 5.11 Å². The highest BCUT2D eigenvalue weighted by Gasteiger charge is 2.46. The second kappa shape index (κ2) is 7.08. The molecule has 0 N–H and O–H groups in total. The Hall–Kier alpha value is -2.39. The van der Waals surface area contributed by atoms with E-state index in [4.69, 9.17) is 0 Å². The van der Waals surface area contributed by atoms with Crippen LogP contribution in [0.25, 0.3) is 0 Å². The van der Waals surface area contributed by atoms with Crippen LogP contribution in [0.5, 0.6) is 0 Å². The van der Waals surface area contributed by atoms with Crippen molar-refractivity contribution in [1.82, 2.24) is 0 Å². The van der Waals surface area contributed by atoms with Gasteiger partial charge in [0.2, 0.25) is 0 Å². The van der Waals surface area contributed by atoms with Crippen LogP contribution in [0.2, 0.25) is 0 Å². The van der Waals surface area contributed by atoms with Crippen LogP contribution in [0.15, 0.2) is 45.9 Å². The van der Waals surface area contributed by atoms with Gasteiger partial charge in [-0.15, -0.1) is 0 Å². The van der Waals surface area contributed by atoms with Crippen molar-refractivity contribution in [2.24, 2.45) is 16.3 Å². The van der Waals surface area contributed by atoms with E-state index in [2.05, 4.69) is 11.1 Å². The standard InChI is InChI=1S/C20H20N2O3S/c1-20(2)8-14-18(15(23)9-20)17(12-6-4-3-5-7-12)13(10-21)19(22-14)26-11-16(24)25/h3-7,17-18H,8-9,11H2,1-2H3,(H,24,25)/p-1/t17-,18?/m1/s1. The van der Waals surface area contributed by atoms with Gasteiger partial charge in [0.25, 0.3) is 0 Å². The smallest absolute Gasteiger partial charge is 0.143 e. The Labute approximate surface area is 156 Å². The Morgan fingerprint density at radius 3 is 2.62 bits per heavy atom. The van der Waals surface area contributed by atoms with E-state index >= 15 is 0 Å². The van der Waals surface area contributed by atoms with E-state index in [0.29, 0.717) is 23.4 Å². The number of nitriles is 1. The zero-order valence-electron chi connectivity index (χ0n) is 14.7. The third-order valence-electron chi connectivity index (χ3n) is 4.74. The number of carboxylic acids is 1. The van der Waals surface area contributed by atoms with Gasteiger partial charge < -0.3 is 9.90 Å². The number of Topliss-reactive ketones (excluding diaryl/α,β-unsaturated/α-hetero) is 1. The summed E-state index contributed by atoms with van der Waals surface area (Å²) in [6.45, 7) is 4.05. The van der Waals surface area contributed by atoms with E-state index in [0.717, 1.165) is 23.0 Å². The highest BCUT2D eigenvalue weighted by atomic mass is 32.2. The average Bonchev–Trinajstić information content (AvgIpc) is 2.58. The lowest BCUT2D eigenvalue weighted by Crippen LogP contribution is -2.43. The zero-order chi connectivity index (χ0) is 18.9. The Kier molecular flexibility index (Phi) is 5.01. The summed E-state index contributed by atoms with van der Waals surface area (Å²) in [5, 5.41) is 21.1. The minimum absolute atomic E-state index is 0.0885. The first-order valence-corrected chi connectivity index (χ1v) is 9.43. The highest BCUT2D eigenvalue weighted by Crippen LogP contribution is 2.48. The number of thioether (sulfide) groups is 1. The summed E-state index contributed by atoms with van der Waals surface area (Å²) in [6.07, 6.45) is 1.10. The van der Waals surface area contributed by atoms with Gasteiger partial charge in [0.05, 0.1) is 23.5 Å². The van der Waals surface area contributed by atoms with Crippen molar-refractivity contribution in [3.05, 3.63) is 46.5 Å². The number of hydrogen-bond acceptors (Lipinski definition) is 6. The van der Waals surface area contributed by atoms with Crippen molar-refractivity contribution in [3.8, 4) is 6.07 Å². The molecule has 0 spiro atoms. The van der Waals surface area contributed by atoms with Gasteiger partial charge in [0.15, 0.2) is 0 Å². The third kappa shape index (κ3) is 3.58. The summed E-state index contributed by atoms with van der Waals surface area (Å²) in [4.78, 5) is 28.4. The number of aliphatic imine (C=N–C) groups is 1. The number of nitrogens with zero attached hydrogens (tertiary/aromatic N) is 2. The van der Waals surface area contributed by atoms with E-state index in [1.54, 1.807) is 0 Å². The van der Waals surface area contributed by atoms with Gasteiger partial charge in [-0.1, -0.05) is 55.9 Å². The monoisotopic (exact) mass is 367 g/mol. The number of allylic oxidation sites excluding steroid dienone is 1. The van der Waals surface area contributed by atoms with Crippen molar-refractivity contribution in [2.45, 2.75) is 32.6 Å². The average molecular weight is 367 g/mol. The van der Waals surface area contributed by atoms with Crippen LogP contribution >= 0.6 is 11.8 Å². The molecule has 0 radical (unpaired) electrons. The molecule has 6 heteroatoms. The molecule has 1 aliphatic carbocycles. The van der Waals surface area contributed by atoms with Gasteiger partial charge in [-0.3, -0.25) is 4.79 Å². The summed E-state index contributed by atoms with van der Waals surface area (Å²) in [5.74, 6) is -2.27. The number of carboxylic acid groups (broad SMARTS) is 1. The number of carbonyl (C=O) groups excluding carboxylic acids is 2. The largest absolute Gasteiger partial charge is 0.549 e. The molecule has 2 aliphatic rings. The van der Waals surface area contributed by atoms with E-state index in [1.807, 2.05) is 44.2 Å². The first-order chi connectivity index (χ1) is 12.3. The normalized spacial score (nSPS) is 24.5. The first kappa shape index (κ1) is 18.4. The summed E-state index contributed by atoms with van der Waals surface area (Å²) in [5.41, 5.74) is 1.80. The quantitative estimate of drug-likeness (QED) is 0.815. The summed E-state index contributed by atoms with van der Waals surface area (Å²) in [7, 11) is 0. The molecule has 0 amide bonds. The summed E-state index contributed by atoms with van der Waals surface area (Å²) < 4.78 is 0. The minimum atomic E-state index is -1.21. The van der Waals surface area contributed by atoms with Crippen LogP contribution in [-0.2, 0) is 9.59 Å². The highest BCUT2D eigenvalue weighted by molar-refractivity contribution is 8.03.